The third kappa shape index (κ3) is 4.86. The number of nitrogens with zero attached hydrogens (tertiary/aromatic N) is 1. The van der Waals surface area contributed by atoms with Crippen LogP contribution in [0.25, 0.3) is 0 Å². The lowest BCUT2D eigenvalue weighted by molar-refractivity contribution is -0.130. The Morgan fingerprint density at radius 2 is 1.90 bits per heavy atom. The highest BCUT2D eigenvalue weighted by Crippen LogP contribution is 2.32. The molecule has 0 saturated carbocycles. The lowest BCUT2D eigenvalue weighted by Crippen LogP contribution is -2.23. The van der Waals surface area contributed by atoms with Crippen molar-refractivity contribution in [3.8, 4) is 0 Å². The zero-order valence-electron chi connectivity index (χ0n) is 12.7. The van der Waals surface area contributed by atoms with Crippen molar-refractivity contribution >= 4 is 34.1 Å². The minimum absolute atomic E-state index is 0.0735. The number of nitrogens with one attached hydrogen (secondary N) is 1. The Balaban J connectivity index is 2.75. The van der Waals surface area contributed by atoms with Gasteiger partial charge < -0.3 is 16.0 Å². The molecule has 7 heteroatoms. The maximum absolute atomic E-state index is 11.9. The largest absolute Gasteiger partial charge is 0.366 e. The van der Waals surface area contributed by atoms with Crippen LogP contribution >= 0.6 is 11.3 Å². The molecular weight excluding hydrogens is 290 g/mol. The van der Waals surface area contributed by atoms with Gasteiger partial charge in [0.2, 0.25) is 11.8 Å². The summed E-state index contributed by atoms with van der Waals surface area (Å²) < 4.78 is 0. The van der Waals surface area contributed by atoms with E-state index in [1.165, 1.54) is 16.2 Å². The van der Waals surface area contributed by atoms with Gasteiger partial charge in [-0.05, 0) is 12.0 Å². The first-order valence-electron chi connectivity index (χ1n) is 6.66. The van der Waals surface area contributed by atoms with Crippen molar-refractivity contribution in [2.24, 2.45) is 5.73 Å². The van der Waals surface area contributed by atoms with Crippen LogP contribution in [0.4, 0.5) is 5.00 Å². The van der Waals surface area contributed by atoms with Gasteiger partial charge in [-0.15, -0.1) is 11.3 Å². The Kier molecular flexibility index (Phi) is 5.90. The number of thiophene rings is 1. The van der Waals surface area contributed by atoms with Gasteiger partial charge >= 0.3 is 0 Å². The average molecular weight is 311 g/mol. The summed E-state index contributed by atoms with van der Waals surface area (Å²) in [5.74, 6) is -0.744. The summed E-state index contributed by atoms with van der Waals surface area (Å²) in [5.41, 5.74) is 5.64. The molecule has 0 aliphatic rings. The van der Waals surface area contributed by atoms with Crippen LogP contribution in [0.3, 0.4) is 0 Å². The Bertz CT molecular complexity index is 550. The van der Waals surface area contributed by atoms with Crippen LogP contribution in [0.1, 0.15) is 47.8 Å². The van der Waals surface area contributed by atoms with Gasteiger partial charge in [0.15, 0.2) is 0 Å². The smallest absolute Gasteiger partial charge is 0.251 e. The van der Waals surface area contributed by atoms with Crippen molar-refractivity contribution < 1.29 is 14.4 Å². The van der Waals surface area contributed by atoms with E-state index in [4.69, 9.17) is 5.73 Å². The van der Waals surface area contributed by atoms with Gasteiger partial charge in [-0.1, -0.05) is 13.8 Å². The number of rotatable bonds is 6. The first kappa shape index (κ1) is 17.2. The fourth-order valence-electron chi connectivity index (χ4n) is 1.60. The minimum atomic E-state index is -0.571. The van der Waals surface area contributed by atoms with E-state index in [2.05, 4.69) is 5.32 Å². The van der Waals surface area contributed by atoms with Crippen LogP contribution in [-0.4, -0.2) is 36.7 Å². The van der Waals surface area contributed by atoms with Gasteiger partial charge in [0.05, 0.1) is 5.56 Å². The molecule has 21 heavy (non-hydrogen) atoms. The monoisotopic (exact) mass is 311 g/mol. The number of hydrogen-bond acceptors (Lipinski definition) is 4. The third-order valence-corrected chi connectivity index (χ3v) is 4.25. The normalized spacial score (nSPS) is 10.5. The number of carbonyl (C=O) groups excluding carboxylic acids is 3. The Morgan fingerprint density at radius 1 is 1.29 bits per heavy atom. The maximum Gasteiger partial charge on any atom is 0.251 e. The lowest BCUT2D eigenvalue weighted by atomic mass is 10.1. The highest BCUT2D eigenvalue weighted by atomic mass is 32.1. The van der Waals surface area contributed by atoms with E-state index in [1.54, 1.807) is 20.2 Å². The van der Waals surface area contributed by atoms with Gasteiger partial charge in [-0.2, -0.15) is 0 Å². The van der Waals surface area contributed by atoms with E-state index < -0.39 is 5.91 Å². The van der Waals surface area contributed by atoms with Crippen LogP contribution in [0.15, 0.2) is 6.07 Å². The number of hydrogen-bond donors (Lipinski definition) is 2. The fraction of sp³-hybridized carbons (Fsp3) is 0.500. The van der Waals surface area contributed by atoms with E-state index in [1.807, 2.05) is 13.8 Å². The Morgan fingerprint density at radius 3 is 2.38 bits per heavy atom. The molecule has 116 valence electrons. The summed E-state index contributed by atoms with van der Waals surface area (Å²) in [5, 5.41) is 3.12. The molecule has 0 aliphatic carbocycles. The number of nitrogens with two attached hydrogens (primary N) is 1. The molecule has 1 aromatic rings. The summed E-state index contributed by atoms with van der Waals surface area (Å²) in [7, 11) is 3.28. The maximum atomic E-state index is 11.9. The summed E-state index contributed by atoms with van der Waals surface area (Å²) in [6.07, 6.45) is 0.206. The molecule has 0 radical (unpaired) electrons. The average Bonchev–Trinajstić information content (AvgIpc) is 2.79. The first-order valence-corrected chi connectivity index (χ1v) is 7.47. The van der Waals surface area contributed by atoms with Gasteiger partial charge in [0.1, 0.15) is 5.00 Å². The van der Waals surface area contributed by atoms with Gasteiger partial charge in [-0.25, -0.2) is 0 Å². The van der Waals surface area contributed by atoms with Gasteiger partial charge in [-0.3, -0.25) is 14.4 Å². The van der Waals surface area contributed by atoms with E-state index in [-0.39, 0.29) is 30.6 Å². The molecule has 3 amide bonds. The van der Waals surface area contributed by atoms with E-state index >= 15 is 0 Å². The quantitative estimate of drug-likeness (QED) is 0.838. The Hall–Kier alpha value is -1.89. The summed E-state index contributed by atoms with van der Waals surface area (Å²) in [6, 6.07) is 1.71. The zero-order chi connectivity index (χ0) is 16.2. The van der Waals surface area contributed by atoms with Crippen LogP contribution in [0.2, 0.25) is 0 Å². The van der Waals surface area contributed by atoms with Crippen molar-refractivity contribution in [3.63, 3.8) is 0 Å². The molecule has 1 heterocycles. The molecule has 0 unspecified atom stereocenters. The zero-order valence-corrected chi connectivity index (χ0v) is 13.5. The van der Waals surface area contributed by atoms with Crippen molar-refractivity contribution in [2.75, 3.05) is 19.4 Å². The third-order valence-electron chi connectivity index (χ3n) is 2.90. The Labute approximate surface area is 128 Å². The molecule has 0 fully saturated rings. The van der Waals surface area contributed by atoms with Crippen molar-refractivity contribution in [1.29, 1.82) is 0 Å². The SMILES string of the molecule is CC(C)c1cc(C(N)=O)c(NC(=O)CCC(=O)N(C)C)s1. The second kappa shape index (κ2) is 7.21. The molecular formula is C14H21N3O3S. The number of carbonyl (C=O) groups is 3. The number of anilines is 1. The van der Waals surface area contributed by atoms with Crippen LogP contribution in [0.5, 0.6) is 0 Å². The molecule has 1 rings (SSSR count). The summed E-state index contributed by atoms with van der Waals surface area (Å²) in [6.45, 7) is 4.00. The molecule has 0 atom stereocenters. The van der Waals surface area contributed by atoms with Crippen LogP contribution in [-0.2, 0) is 9.59 Å². The predicted molar refractivity (Wildman–Crippen MR) is 83.5 cm³/mol. The van der Waals surface area contributed by atoms with Gasteiger partial charge in [0.25, 0.3) is 5.91 Å². The van der Waals surface area contributed by atoms with Crippen molar-refractivity contribution in [1.82, 2.24) is 4.90 Å². The molecule has 0 spiro atoms. The van der Waals surface area contributed by atoms with Crippen molar-refractivity contribution in [3.05, 3.63) is 16.5 Å². The molecule has 6 nitrogen and oxygen atoms in total. The number of primary amides is 1. The topological polar surface area (TPSA) is 92.5 Å². The highest BCUT2D eigenvalue weighted by Gasteiger charge is 2.18. The van der Waals surface area contributed by atoms with E-state index in [0.29, 0.717) is 10.6 Å². The van der Waals surface area contributed by atoms with E-state index in [0.717, 1.165) is 4.88 Å². The summed E-state index contributed by atoms with van der Waals surface area (Å²) in [4.78, 5) is 37.1. The van der Waals surface area contributed by atoms with Crippen molar-refractivity contribution in [2.45, 2.75) is 32.6 Å². The lowest BCUT2D eigenvalue weighted by Gasteiger charge is -2.09. The van der Waals surface area contributed by atoms with Gasteiger partial charge in [0, 0.05) is 31.8 Å². The first-order chi connectivity index (χ1) is 9.72. The second-order valence-electron chi connectivity index (χ2n) is 5.25. The molecule has 3 N–H and O–H groups in total. The molecule has 0 saturated heterocycles. The summed E-state index contributed by atoms with van der Waals surface area (Å²) >= 11 is 1.34. The minimum Gasteiger partial charge on any atom is -0.366 e. The fourth-order valence-corrected chi connectivity index (χ4v) is 2.69. The van der Waals surface area contributed by atoms with Crippen LogP contribution in [0, 0.1) is 0 Å². The molecule has 1 aromatic heterocycles. The standard InChI is InChI=1S/C14H21N3O3S/c1-8(2)10-7-9(13(15)20)14(21-10)16-11(18)5-6-12(19)17(3)4/h7-8H,5-6H2,1-4H3,(H2,15,20)(H,16,18). The highest BCUT2D eigenvalue weighted by molar-refractivity contribution is 7.16. The number of amides is 3. The second-order valence-corrected chi connectivity index (χ2v) is 6.33. The molecule has 0 bridgehead atoms. The van der Waals surface area contributed by atoms with E-state index in [9.17, 15) is 14.4 Å². The molecule has 0 aromatic carbocycles. The predicted octanol–water partition coefficient (Wildman–Crippen LogP) is 1.78. The van der Waals surface area contributed by atoms with Crippen LogP contribution < -0.4 is 11.1 Å². The molecule has 0 aliphatic heterocycles.